The van der Waals surface area contributed by atoms with E-state index in [1.807, 2.05) is 30.7 Å². The molecule has 0 radical (unpaired) electrons. The van der Waals surface area contributed by atoms with E-state index in [0.29, 0.717) is 18.0 Å². The maximum absolute atomic E-state index is 5.18. The molecule has 1 N–H and O–H groups in total. The number of imidazole rings is 1. The highest BCUT2D eigenvalue weighted by Crippen LogP contribution is 2.35. The normalized spacial score (nSPS) is 20.7. The number of likely N-dealkylation sites (tertiary alicyclic amines) is 1. The Balaban J connectivity index is 1.29. The van der Waals surface area contributed by atoms with Crippen molar-refractivity contribution in [2.75, 3.05) is 29.9 Å². The number of benzene rings is 1. The van der Waals surface area contributed by atoms with Crippen molar-refractivity contribution >= 4 is 17.4 Å². The second-order valence-corrected chi connectivity index (χ2v) is 10.3. The van der Waals surface area contributed by atoms with E-state index in [9.17, 15) is 0 Å². The van der Waals surface area contributed by atoms with Crippen LogP contribution in [0.3, 0.4) is 0 Å². The fourth-order valence-electron chi connectivity index (χ4n) is 5.66. The van der Waals surface area contributed by atoms with Gasteiger partial charge in [0.25, 0.3) is 0 Å². The van der Waals surface area contributed by atoms with E-state index in [1.165, 1.54) is 18.5 Å². The Kier molecular flexibility index (Phi) is 5.65. The summed E-state index contributed by atoms with van der Waals surface area (Å²) in [5.41, 5.74) is 4.13. The molecule has 7 heteroatoms. The predicted octanol–water partition coefficient (Wildman–Crippen LogP) is 4.88. The first kappa shape index (κ1) is 22.0. The van der Waals surface area contributed by atoms with Crippen LogP contribution < -0.4 is 10.2 Å². The first-order valence-electron chi connectivity index (χ1n) is 12.7. The molecule has 2 aliphatic heterocycles. The molecule has 2 aliphatic rings. The molecule has 7 nitrogen and oxygen atoms in total. The van der Waals surface area contributed by atoms with Crippen molar-refractivity contribution in [3.05, 3.63) is 72.7 Å². The van der Waals surface area contributed by atoms with Crippen LogP contribution in [-0.2, 0) is 0 Å². The molecule has 5 heterocycles. The molecular formula is C28H33N7. The van der Waals surface area contributed by atoms with Crippen LogP contribution in [0.2, 0.25) is 0 Å². The van der Waals surface area contributed by atoms with E-state index in [-0.39, 0.29) is 6.04 Å². The summed E-state index contributed by atoms with van der Waals surface area (Å²) in [7, 11) is 0. The van der Waals surface area contributed by atoms with Crippen molar-refractivity contribution in [3.63, 3.8) is 0 Å². The van der Waals surface area contributed by atoms with Crippen molar-refractivity contribution in [2.45, 2.75) is 45.3 Å². The quantitative estimate of drug-likeness (QED) is 0.418. The topological polar surface area (TPSA) is 61.6 Å². The highest BCUT2D eigenvalue weighted by molar-refractivity contribution is 5.68. The summed E-state index contributed by atoms with van der Waals surface area (Å²) in [6.07, 6.45) is 6.97. The molecule has 2 saturated heterocycles. The van der Waals surface area contributed by atoms with E-state index in [1.54, 1.807) is 0 Å². The summed E-state index contributed by atoms with van der Waals surface area (Å²) in [6.45, 7) is 10.1. The van der Waals surface area contributed by atoms with E-state index in [0.717, 1.165) is 41.8 Å². The number of anilines is 2. The van der Waals surface area contributed by atoms with Crippen molar-refractivity contribution in [2.24, 2.45) is 5.92 Å². The van der Waals surface area contributed by atoms with E-state index < -0.39 is 0 Å². The molecular weight excluding hydrogens is 434 g/mol. The van der Waals surface area contributed by atoms with Crippen molar-refractivity contribution < 1.29 is 0 Å². The van der Waals surface area contributed by atoms with Gasteiger partial charge in [-0.1, -0.05) is 44.2 Å². The van der Waals surface area contributed by atoms with Gasteiger partial charge in [-0.2, -0.15) is 0 Å². The van der Waals surface area contributed by atoms with Gasteiger partial charge in [0.1, 0.15) is 11.5 Å². The fraction of sp³-hybridized carbons (Fsp3) is 0.393. The molecule has 1 aromatic carbocycles. The van der Waals surface area contributed by atoms with Crippen LogP contribution in [0.4, 0.5) is 11.8 Å². The SMILES string of the molecule is CC(C)CN1C[C@@H]2C[C@H]1CN2c1nc(-c2ccnc(N[C@@H](C)c3ccccc3)c2)cc2nccn12. The third kappa shape index (κ3) is 4.25. The van der Waals surface area contributed by atoms with Crippen LogP contribution >= 0.6 is 0 Å². The Morgan fingerprint density at radius 1 is 0.971 bits per heavy atom. The second-order valence-electron chi connectivity index (χ2n) is 10.3. The molecule has 0 amide bonds. The van der Waals surface area contributed by atoms with Gasteiger partial charge in [0, 0.05) is 68.0 Å². The van der Waals surface area contributed by atoms with Gasteiger partial charge in [0.2, 0.25) is 5.95 Å². The number of fused-ring (bicyclic) bond motifs is 3. The molecule has 3 atom stereocenters. The molecule has 2 fully saturated rings. The number of nitrogens with zero attached hydrogens (tertiary/aromatic N) is 6. The largest absolute Gasteiger partial charge is 0.364 e. The zero-order valence-electron chi connectivity index (χ0n) is 20.7. The summed E-state index contributed by atoms with van der Waals surface area (Å²) >= 11 is 0. The fourth-order valence-corrected chi connectivity index (χ4v) is 5.66. The van der Waals surface area contributed by atoms with Crippen LogP contribution in [0.15, 0.2) is 67.1 Å². The Labute approximate surface area is 206 Å². The highest BCUT2D eigenvalue weighted by atomic mass is 15.4. The number of nitrogens with one attached hydrogen (secondary N) is 1. The van der Waals surface area contributed by atoms with Crippen molar-refractivity contribution in [3.8, 4) is 11.3 Å². The minimum absolute atomic E-state index is 0.159. The lowest BCUT2D eigenvalue weighted by Gasteiger charge is -2.35. The summed E-state index contributed by atoms with van der Waals surface area (Å²) in [6, 6.07) is 17.9. The van der Waals surface area contributed by atoms with Crippen LogP contribution in [-0.4, -0.2) is 56.0 Å². The van der Waals surface area contributed by atoms with Gasteiger partial charge in [-0.05, 0) is 37.0 Å². The average Bonchev–Trinajstić information content (AvgIpc) is 3.59. The van der Waals surface area contributed by atoms with Crippen LogP contribution in [0, 0.1) is 5.92 Å². The lowest BCUT2D eigenvalue weighted by Crippen LogP contribution is -2.48. The predicted molar refractivity (Wildman–Crippen MR) is 141 cm³/mol. The molecule has 2 bridgehead atoms. The van der Waals surface area contributed by atoms with Crippen LogP contribution in [0.1, 0.15) is 38.8 Å². The number of hydrogen-bond acceptors (Lipinski definition) is 6. The smallest absolute Gasteiger partial charge is 0.212 e. The first-order valence-corrected chi connectivity index (χ1v) is 12.7. The van der Waals surface area contributed by atoms with Gasteiger partial charge < -0.3 is 10.2 Å². The number of aromatic nitrogens is 4. The number of piperazine rings is 1. The lowest BCUT2D eigenvalue weighted by atomic mass is 10.1. The zero-order valence-corrected chi connectivity index (χ0v) is 20.7. The molecule has 0 aliphatic carbocycles. The molecule has 0 unspecified atom stereocenters. The maximum atomic E-state index is 5.18. The second kappa shape index (κ2) is 8.96. The van der Waals surface area contributed by atoms with Crippen molar-refractivity contribution in [1.29, 1.82) is 0 Å². The Morgan fingerprint density at radius 3 is 2.60 bits per heavy atom. The van der Waals surface area contributed by atoms with Gasteiger partial charge in [0.15, 0.2) is 0 Å². The maximum Gasteiger partial charge on any atom is 0.212 e. The molecule has 35 heavy (non-hydrogen) atoms. The molecule has 6 rings (SSSR count). The Morgan fingerprint density at radius 2 is 1.83 bits per heavy atom. The molecule has 180 valence electrons. The average molecular weight is 468 g/mol. The highest BCUT2D eigenvalue weighted by Gasteiger charge is 2.44. The summed E-state index contributed by atoms with van der Waals surface area (Å²) in [4.78, 5) is 19.5. The number of rotatable bonds is 7. The number of hydrogen-bond donors (Lipinski definition) is 1. The van der Waals surface area contributed by atoms with Crippen LogP contribution in [0.5, 0.6) is 0 Å². The minimum Gasteiger partial charge on any atom is -0.364 e. The van der Waals surface area contributed by atoms with E-state index in [2.05, 4.69) is 86.7 Å². The van der Waals surface area contributed by atoms with Gasteiger partial charge >= 0.3 is 0 Å². The Hall–Kier alpha value is -3.45. The third-order valence-corrected chi connectivity index (χ3v) is 7.30. The standard InChI is InChI=1S/C28H33N7/c1-19(2)16-33-17-24-14-23(33)18-35(24)28-32-25(15-27-30-11-12-34(27)28)22-9-10-29-26(13-22)31-20(3)21-7-5-4-6-8-21/h4-13,15,19-20,23-24H,14,16-18H2,1-3H3,(H,29,31)/t20-,23-,24-/m0/s1. The van der Waals surface area contributed by atoms with Crippen molar-refractivity contribution in [1.82, 2.24) is 24.3 Å². The third-order valence-electron chi connectivity index (χ3n) is 7.30. The van der Waals surface area contributed by atoms with E-state index in [4.69, 9.17) is 4.98 Å². The van der Waals surface area contributed by atoms with Gasteiger partial charge in [-0.3, -0.25) is 9.30 Å². The monoisotopic (exact) mass is 467 g/mol. The lowest BCUT2D eigenvalue weighted by molar-refractivity contribution is 0.213. The first-order chi connectivity index (χ1) is 17.0. The minimum atomic E-state index is 0.159. The molecule has 0 saturated carbocycles. The molecule has 3 aromatic heterocycles. The molecule has 4 aromatic rings. The Bertz CT molecular complexity index is 1320. The zero-order chi connectivity index (χ0) is 23.9. The number of pyridine rings is 1. The van der Waals surface area contributed by atoms with E-state index >= 15 is 0 Å². The van der Waals surface area contributed by atoms with Crippen LogP contribution in [0.25, 0.3) is 16.9 Å². The van der Waals surface area contributed by atoms with Gasteiger partial charge in [-0.15, -0.1) is 0 Å². The summed E-state index contributed by atoms with van der Waals surface area (Å²) < 4.78 is 2.13. The van der Waals surface area contributed by atoms with Gasteiger partial charge in [0.05, 0.1) is 5.69 Å². The molecule has 0 spiro atoms. The summed E-state index contributed by atoms with van der Waals surface area (Å²) in [5, 5.41) is 3.54. The summed E-state index contributed by atoms with van der Waals surface area (Å²) in [5.74, 6) is 2.54. The van der Waals surface area contributed by atoms with Gasteiger partial charge in [-0.25, -0.2) is 15.0 Å².